The van der Waals surface area contributed by atoms with E-state index in [1.54, 1.807) is 12.4 Å². The van der Waals surface area contributed by atoms with Crippen molar-refractivity contribution >= 4 is 10.8 Å². The molecule has 0 amide bonds. The van der Waals surface area contributed by atoms with Gasteiger partial charge in [0.05, 0.1) is 12.4 Å². The van der Waals surface area contributed by atoms with E-state index in [-0.39, 0.29) is 6.04 Å². The zero-order valence-electron chi connectivity index (χ0n) is 8.14. The summed E-state index contributed by atoms with van der Waals surface area (Å²) in [6, 6.07) is 6.46. The number of hydrogen-bond acceptors (Lipinski definition) is 3. The minimum Gasteiger partial charge on any atom is -0.328 e. The second-order valence-corrected chi connectivity index (χ2v) is 3.63. The van der Waals surface area contributed by atoms with Gasteiger partial charge >= 0.3 is 0 Å². The molecule has 0 aliphatic heterocycles. The van der Waals surface area contributed by atoms with Crippen LogP contribution >= 0.6 is 0 Å². The molecule has 1 atom stereocenters. The lowest BCUT2D eigenvalue weighted by Crippen LogP contribution is -2.17. The molecular weight excluding hydrogens is 174 g/mol. The Labute approximate surface area is 83.0 Å². The van der Waals surface area contributed by atoms with Crippen LogP contribution < -0.4 is 5.73 Å². The third-order valence-corrected chi connectivity index (χ3v) is 2.17. The molecule has 0 radical (unpaired) electrons. The maximum atomic E-state index is 5.74. The topological polar surface area (TPSA) is 51.8 Å². The second kappa shape index (κ2) is 3.72. The lowest BCUT2D eigenvalue weighted by molar-refractivity contribution is 0.739. The monoisotopic (exact) mass is 187 g/mol. The van der Waals surface area contributed by atoms with Gasteiger partial charge in [0, 0.05) is 16.8 Å². The highest BCUT2D eigenvalue weighted by Crippen LogP contribution is 2.14. The molecule has 0 spiro atoms. The maximum Gasteiger partial charge on any atom is 0.0574 e. The predicted molar refractivity (Wildman–Crippen MR) is 56.9 cm³/mol. The predicted octanol–water partition coefficient (Wildman–Crippen LogP) is 1.52. The highest BCUT2D eigenvalue weighted by atomic mass is 15.1. The van der Waals surface area contributed by atoms with Crippen LogP contribution in [0.15, 0.2) is 30.6 Å². The van der Waals surface area contributed by atoms with Crippen LogP contribution in [-0.4, -0.2) is 16.2 Å². The van der Waals surface area contributed by atoms with Crippen molar-refractivity contribution in [3.05, 3.63) is 36.2 Å². The molecule has 0 fully saturated rings. The summed E-state index contributed by atoms with van der Waals surface area (Å²) < 4.78 is 0. The van der Waals surface area contributed by atoms with Gasteiger partial charge in [-0.3, -0.25) is 0 Å². The zero-order chi connectivity index (χ0) is 9.97. The van der Waals surface area contributed by atoms with Gasteiger partial charge in [-0.15, -0.1) is 0 Å². The number of fused-ring (bicyclic) bond motifs is 1. The lowest BCUT2D eigenvalue weighted by Gasteiger charge is -2.05. The molecule has 1 aromatic carbocycles. The van der Waals surface area contributed by atoms with Crippen molar-refractivity contribution in [2.75, 3.05) is 0 Å². The Balaban J connectivity index is 2.41. The van der Waals surface area contributed by atoms with E-state index >= 15 is 0 Å². The van der Waals surface area contributed by atoms with E-state index in [4.69, 9.17) is 5.73 Å². The summed E-state index contributed by atoms with van der Waals surface area (Å²) in [7, 11) is 0. The molecule has 3 heteroatoms. The molecule has 1 unspecified atom stereocenters. The van der Waals surface area contributed by atoms with E-state index in [0.29, 0.717) is 0 Å². The van der Waals surface area contributed by atoms with Crippen molar-refractivity contribution in [1.29, 1.82) is 0 Å². The van der Waals surface area contributed by atoms with E-state index in [1.165, 1.54) is 5.56 Å². The number of rotatable bonds is 2. The van der Waals surface area contributed by atoms with E-state index in [0.717, 1.165) is 17.2 Å². The molecule has 1 heterocycles. The normalized spacial score (nSPS) is 13.0. The molecule has 72 valence electrons. The van der Waals surface area contributed by atoms with Gasteiger partial charge in [0.1, 0.15) is 0 Å². The average molecular weight is 187 g/mol. The van der Waals surface area contributed by atoms with Crippen molar-refractivity contribution in [3.8, 4) is 0 Å². The highest BCUT2D eigenvalue weighted by Gasteiger charge is 1.99. The van der Waals surface area contributed by atoms with Crippen LogP contribution in [0.4, 0.5) is 0 Å². The fraction of sp³-hybridized carbons (Fsp3) is 0.273. The summed E-state index contributed by atoms with van der Waals surface area (Å²) in [5.41, 5.74) is 6.99. The molecule has 2 aromatic rings. The first kappa shape index (κ1) is 9.09. The molecule has 2 rings (SSSR count). The van der Waals surface area contributed by atoms with E-state index in [2.05, 4.69) is 28.4 Å². The Kier molecular flexibility index (Phi) is 2.41. The van der Waals surface area contributed by atoms with Gasteiger partial charge in [0.25, 0.3) is 0 Å². The van der Waals surface area contributed by atoms with Crippen molar-refractivity contribution in [2.45, 2.75) is 19.4 Å². The SMILES string of the molecule is CC(N)Cc1ccc2cnncc2c1. The lowest BCUT2D eigenvalue weighted by atomic mass is 10.0. The average Bonchev–Trinajstić information content (AvgIpc) is 2.17. The minimum absolute atomic E-state index is 0.197. The van der Waals surface area contributed by atoms with Gasteiger partial charge < -0.3 is 5.73 Å². The minimum atomic E-state index is 0.197. The fourth-order valence-electron chi connectivity index (χ4n) is 1.54. The summed E-state index contributed by atoms with van der Waals surface area (Å²) >= 11 is 0. The van der Waals surface area contributed by atoms with Gasteiger partial charge in [-0.1, -0.05) is 12.1 Å². The number of hydrogen-bond donors (Lipinski definition) is 1. The van der Waals surface area contributed by atoms with E-state index in [1.807, 2.05) is 6.92 Å². The van der Waals surface area contributed by atoms with Gasteiger partial charge in [-0.05, 0) is 25.0 Å². The molecule has 1 aromatic heterocycles. The first-order valence-corrected chi connectivity index (χ1v) is 4.70. The van der Waals surface area contributed by atoms with Crippen LogP contribution in [0.25, 0.3) is 10.8 Å². The first-order valence-electron chi connectivity index (χ1n) is 4.70. The Hall–Kier alpha value is -1.48. The zero-order valence-corrected chi connectivity index (χ0v) is 8.14. The Morgan fingerprint density at radius 1 is 1.21 bits per heavy atom. The van der Waals surface area contributed by atoms with Crippen molar-refractivity contribution in [1.82, 2.24) is 10.2 Å². The van der Waals surface area contributed by atoms with Crippen LogP contribution in [0, 0.1) is 0 Å². The Morgan fingerprint density at radius 2 is 1.93 bits per heavy atom. The third kappa shape index (κ3) is 1.88. The van der Waals surface area contributed by atoms with Crippen LogP contribution in [0.2, 0.25) is 0 Å². The van der Waals surface area contributed by atoms with Gasteiger partial charge in [-0.25, -0.2) is 0 Å². The second-order valence-electron chi connectivity index (χ2n) is 3.63. The van der Waals surface area contributed by atoms with Crippen LogP contribution in [0.5, 0.6) is 0 Å². The van der Waals surface area contributed by atoms with Gasteiger partial charge in [-0.2, -0.15) is 10.2 Å². The summed E-state index contributed by atoms with van der Waals surface area (Å²) in [5.74, 6) is 0. The van der Waals surface area contributed by atoms with Crippen LogP contribution in [0.3, 0.4) is 0 Å². The quantitative estimate of drug-likeness (QED) is 0.775. The molecular formula is C11H13N3. The summed E-state index contributed by atoms with van der Waals surface area (Å²) in [5, 5.41) is 9.92. The Bertz CT molecular complexity index is 437. The maximum absolute atomic E-state index is 5.74. The van der Waals surface area contributed by atoms with E-state index in [9.17, 15) is 0 Å². The molecule has 2 N–H and O–H groups in total. The number of nitrogens with zero attached hydrogens (tertiary/aromatic N) is 2. The van der Waals surface area contributed by atoms with Crippen molar-refractivity contribution in [3.63, 3.8) is 0 Å². The third-order valence-electron chi connectivity index (χ3n) is 2.17. The van der Waals surface area contributed by atoms with Crippen LogP contribution in [0.1, 0.15) is 12.5 Å². The van der Waals surface area contributed by atoms with Crippen molar-refractivity contribution < 1.29 is 0 Å². The first-order chi connectivity index (χ1) is 6.75. The molecule has 14 heavy (non-hydrogen) atoms. The standard InChI is InChI=1S/C11H13N3/c1-8(12)4-9-2-3-10-6-13-14-7-11(10)5-9/h2-3,5-8H,4,12H2,1H3. The van der Waals surface area contributed by atoms with Gasteiger partial charge in [0.15, 0.2) is 0 Å². The molecule has 0 aliphatic carbocycles. The molecule has 3 nitrogen and oxygen atoms in total. The van der Waals surface area contributed by atoms with Crippen molar-refractivity contribution in [2.24, 2.45) is 5.73 Å². The molecule has 0 bridgehead atoms. The number of aromatic nitrogens is 2. The number of benzene rings is 1. The van der Waals surface area contributed by atoms with E-state index < -0.39 is 0 Å². The molecule has 0 saturated heterocycles. The number of nitrogens with two attached hydrogens (primary N) is 1. The fourth-order valence-corrected chi connectivity index (χ4v) is 1.54. The largest absolute Gasteiger partial charge is 0.328 e. The molecule has 0 saturated carbocycles. The summed E-state index contributed by atoms with van der Waals surface area (Å²) in [6.07, 6.45) is 4.45. The van der Waals surface area contributed by atoms with Gasteiger partial charge in [0.2, 0.25) is 0 Å². The molecule has 0 aliphatic rings. The Morgan fingerprint density at radius 3 is 2.64 bits per heavy atom. The highest BCUT2D eigenvalue weighted by molar-refractivity contribution is 5.81. The summed E-state index contributed by atoms with van der Waals surface area (Å²) in [4.78, 5) is 0. The summed E-state index contributed by atoms with van der Waals surface area (Å²) in [6.45, 7) is 2.01. The smallest absolute Gasteiger partial charge is 0.0574 e. The van der Waals surface area contributed by atoms with Crippen LogP contribution in [-0.2, 0) is 6.42 Å².